The van der Waals surface area contributed by atoms with E-state index in [-0.39, 0.29) is 6.42 Å². The molecule has 1 atom stereocenters. The van der Waals surface area contributed by atoms with Gasteiger partial charge in [-0.3, -0.25) is 4.79 Å². The Labute approximate surface area is 214 Å². The number of carbonyl (C=O) groups excluding carboxylic acids is 2. The molecule has 1 unspecified atom stereocenters. The fraction of sp³-hybridized carbons (Fsp3) is 0.214. The monoisotopic (exact) mass is 505 g/mol. The van der Waals surface area contributed by atoms with Crippen molar-refractivity contribution in [1.82, 2.24) is 10.3 Å². The summed E-state index contributed by atoms with van der Waals surface area (Å²) in [4.78, 5) is 29.3. The van der Waals surface area contributed by atoms with Gasteiger partial charge < -0.3 is 25.1 Å². The predicted octanol–water partition coefficient (Wildman–Crippen LogP) is 6.69. The standard InChI is InChI=1S/C28H28ClN3O4/c1-28(2,3)36-27(34)32-24(16-18-17-30-22-9-5-4-8-21(18)22)26(33)31-23-10-6-7-11-25(23)35-20-14-12-19(29)13-15-20/h4-15,17,24,30H,16H2,1-3H3,(H,31,33)(H,32,34). The number of anilines is 1. The second kappa shape index (κ2) is 10.7. The first-order valence-corrected chi connectivity index (χ1v) is 11.9. The molecule has 3 aromatic carbocycles. The number of nitrogens with one attached hydrogen (secondary N) is 3. The number of rotatable bonds is 7. The number of halogens is 1. The van der Waals surface area contributed by atoms with E-state index in [1.807, 2.05) is 36.5 Å². The van der Waals surface area contributed by atoms with Crippen LogP contribution in [0.1, 0.15) is 26.3 Å². The molecule has 0 bridgehead atoms. The van der Waals surface area contributed by atoms with Crippen molar-refractivity contribution in [3.8, 4) is 11.5 Å². The van der Waals surface area contributed by atoms with Crippen molar-refractivity contribution in [3.05, 3.63) is 89.6 Å². The van der Waals surface area contributed by atoms with Gasteiger partial charge in [-0.25, -0.2) is 4.79 Å². The molecule has 2 amide bonds. The summed E-state index contributed by atoms with van der Waals surface area (Å²) >= 11 is 5.97. The van der Waals surface area contributed by atoms with Crippen LogP contribution in [0.3, 0.4) is 0 Å². The van der Waals surface area contributed by atoms with Crippen LogP contribution >= 0.6 is 11.6 Å². The third kappa shape index (κ3) is 6.58. The van der Waals surface area contributed by atoms with Gasteiger partial charge in [-0.15, -0.1) is 0 Å². The Morgan fingerprint density at radius 2 is 1.67 bits per heavy atom. The van der Waals surface area contributed by atoms with Crippen molar-refractivity contribution in [2.45, 2.75) is 38.8 Å². The Balaban J connectivity index is 1.57. The Morgan fingerprint density at radius 1 is 0.972 bits per heavy atom. The van der Waals surface area contributed by atoms with Gasteiger partial charge in [-0.1, -0.05) is 41.9 Å². The number of alkyl carbamates (subject to hydrolysis) is 1. The summed E-state index contributed by atoms with van der Waals surface area (Å²) in [6.45, 7) is 5.31. The molecule has 0 saturated heterocycles. The van der Waals surface area contributed by atoms with Crippen LogP contribution < -0.4 is 15.4 Å². The van der Waals surface area contributed by atoms with Crippen molar-refractivity contribution in [1.29, 1.82) is 0 Å². The van der Waals surface area contributed by atoms with E-state index in [0.717, 1.165) is 16.5 Å². The van der Waals surface area contributed by atoms with Crippen LogP contribution in [0.2, 0.25) is 5.02 Å². The lowest BCUT2D eigenvalue weighted by molar-refractivity contribution is -0.118. The van der Waals surface area contributed by atoms with E-state index in [1.165, 1.54) is 0 Å². The number of hydrogen-bond donors (Lipinski definition) is 3. The first-order chi connectivity index (χ1) is 17.2. The van der Waals surface area contributed by atoms with E-state index in [0.29, 0.717) is 22.2 Å². The van der Waals surface area contributed by atoms with Gasteiger partial charge in [0.25, 0.3) is 0 Å². The van der Waals surface area contributed by atoms with Crippen molar-refractivity contribution in [3.63, 3.8) is 0 Å². The molecule has 0 fully saturated rings. The first kappa shape index (κ1) is 25.1. The highest BCUT2D eigenvalue weighted by Crippen LogP contribution is 2.30. The quantitative estimate of drug-likeness (QED) is 0.261. The predicted molar refractivity (Wildman–Crippen MR) is 142 cm³/mol. The SMILES string of the molecule is CC(C)(C)OC(=O)NC(Cc1c[nH]c2ccccc12)C(=O)Nc1ccccc1Oc1ccc(Cl)cc1. The van der Waals surface area contributed by atoms with E-state index in [4.69, 9.17) is 21.1 Å². The van der Waals surface area contributed by atoms with E-state index in [2.05, 4.69) is 15.6 Å². The molecule has 0 spiro atoms. The van der Waals surface area contributed by atoms with Gasteiger partial charge in [0.1, 0.15) is 17.4 Å². The lowest BCUT2D eigenvalue weighted by atomic mass is 10.0. The average molecular weight is 506 g/mol. The average Bonchev–Trinajstić information content (AvgIpc) is 3.23. The van der Waals surface area contributed by atoms with Gasteiger partial charge in [-0.2, -0.15) is 0 Å². The lowest BCUT2D eigenvalue weighted by Gasteiger charge is -2.23. The van der Waals surface area contributed by atoms with E-state index >= 15 is 0 Å². The number of amides is 2. The second-order valence-electron chi connectivity index (χ2n) is 9.30. The number of ether oxygens (including phenoxy) is 2. The first-order valence-electron chi connectivity index (χ1n) is 11.6. The van der Waals surface area contributed by atoms with Gasteiger partial charge in [0, 0.05) is 28.5 Å². The zero-order valence-corrected chi connectivity index (χ0v) is 21.1. The highest BCUT2D eigenvalue weighted by Gasteiger charge is 2.26. The molecule has 4 rings (SSSR count). The number of fused-ring (bicyclic) bond motifs is 1. The largest absolute Gasteiger partial charge is 0.455 e. The van der Waals surface area contributed by atoms with Crippen LogP contribution in [0.25, 0.3) is 10.9 Å². The summed E-state index contributed by atoms with van der Waals surface area (Å²) in [6.07, 6.45) is 1.43. The molecule has 0 radical (unpaired) electrons. The maximum atomic E-state index is 13.5. The molecule has 1 heterocycles. The second-order valence-corrected chi connectivity index (χ2v) is 9.74. The minimum Gasteiger partial charge on any atom is -0.455 e. The Kier molecular flexibility index (Phi) is 7.50. The number of para-hydroxylation sites is 3. The minimum absolute atomic E-state index is 0.259. The molecule has 7 nitrogen and oxygen atoms in total. The fourth-order valence-electron chi connectivity index (χ4n) is 3.69. The van der Waals surface area contributed by atoms with Gasteiger partial charge in [-0.05, 0) is 68.8 Å². The molecule has 8 heteroatoms. The Morgan fingerprint density at radius 3 is 2.42 bits per heavy atom. The highest BCUT2D eigenvalue weighted by molar-refractivity contribution is 6.30. The maximum absolute atomic E-state index is 13.5. The lowest BCUT2D eigenvalue weighted by Crippen LogP contribution is -2.47. The Bertz CT molecular complexity index is 1360. The van der Waals surface area contributed by atoms with Crippen molar-refractivity contribution < 1.29 is 19.1 Å². The zero-order valence-electron chi connectivity index (χ0n) is 20.3. The summed E-state index contributed by atoms with van der Waals surface area (Å²) in [6, 6.07) is 20.9. The summed E-state index contributed by atoms with van der Waals surface area (Å²) in [5, 5.41) is 7.20. The van der Waals surface area contributed by atoms with Crippen LogP contribution in [0.15, 0.2) is 79.0 Å². The minimum atomic E-state index is -0.900. The van der Waals surface area contributed by atoms with Gasteiger partial charge in [0.2, 0.25) is 5.91 Å². The zero-order chi connectivity index (χ0) is 25.7. The maximum Gasteiger partial charge on any atom is 0.408 e. The number of benzene rings is 3. The van der Waals surface area contributed by atoms with E-state index in [1.54, 1.807) is 63.2 Å². The topological polar surface area (TPSA) is 92.5 Å². The number of hydrogen-bond acceptors (Lipinski definition) is 4. The normalized spacial score (nSPS) is 12.1. The molecule has 0 saturated carbocycles. The van der Waals surface area contributed by atoms with Crippen molar-refractivity contribution in [2.75, 3.05) is 5.32 Å². The number of aromatic nitrogens is 1. The van der Waals surface area contributed by atoms with Crippen LogP contribution in [-0.4, -0.2) is 28.6 Å². The third-order valence-electron chi connectivity index (χ3n) is 5.29. The summed E-state index contributed by atoms with van der Waals surface area (Å²) in [7, 11) is 0. The van der Waals surface area contributed by atoms with Gasteiger partial charge in [0.15, 0.2) is 5.75 Å². The molecule has 186 valence electrons. The molecule has 4 aromatic rings. The number of carbonyl (C=O) groups is 2. The van der Waals surface area contributed by atoms with Crippen molar-refractivity contribution >= 4 is 40.2 Å². The molecular weight excluding hydrogens is 478 g/mol. The fourth-order valence-corrected chi connectivity index (χ4v) is 3.81. The smallest absolute Gasteiger partial charge is 0.408 e. The molecule has 1 aromatic heterocycles. The van der Waals surface area contributed by atoms with Crippen molar-refractivity contribution in [2.24, 2.45) is 0 Å². The molecule has 36 heavy (non-hydrogen) atoms. The van der Waals surface area contributed by atoms with Gasteiger partial charge in [0.05, 0.1) is 5.69 Å². The summed E-state index contributed by atoms with van der Waals surface area (Å²) < 4.78 is 11.4. The highest BCUT2D eigenvalue weighted by atomic mass is 35.5. The van der Waals surface area contributed by atoms with Crippen LogP contribution in [0.4, 0.5) is 10.5 Å². The number of H-pyrrole nitrogens is 1. The van der Waals surface area contributed by atoms with Gasteiger partial charge >= 0.3 is 6.09 Å². The molecule has 3 N–H and O–H groups in total. The van der Waals surface area contributed by atoms with E-state index in [9.17, 15) is 9.59 Å². The van der Waals surface area contributed by atoms with E-state index < -0.39 is 23.6 Å². The number of aromatic amines is 1. The summed E-state index contributed by atoms with van der Waals surface area (Å²) in [5.74, 6) is 0.623. The molecule has 0 aliphatic rings. The van der Waals surface area contributed by atoms with Crippen LogP contribution in [-0.2, 0) is 16.0 Å². The third-order valence-corrected chi connectivity index (χ3v) is 5.54. The van der Waals surface area contributed by atoms with Crippen LogP contribution in [0, 0.1) is 0 Å². The molecule has 0 aliphatic carbocycles. The van der Waals surface area contributed by atoms with Crippen LogP contribution in [0.5, 0.6) is 11.5 Å². The Hall–Kier alpha value is -3.97. The molecular formula is C28H28ClN3O4. The summed E-state index contributed by atoms with van der Waals surface area (Å²) in [5.41, 5.74) is 1.61. The molecule has 0 aliphatic heterocycles.